The molecular weight excluding hydrogens is 716 g/mol. The first kappa shape index (κ1) is 28.1. The highest BCUT2D eigenvalue weighted by Crippen LogP contribution is 2.42. The number of hydrazone groups is 1. The zero-order chi connectivity index (χ0) is 25.4. The van der Waals surface area contributed by atoms with Gasteiger partial charge in [-0.15, -0.1) is 0 Å². The molecule has 0 atom stereocenters. The summed E-state index contributed by atoms with van der Waals surface area (Å²) >= 11 is 13.2. The molecule has 2 aromatic rings. The third-order valence-electron chi connectivity index (χ3n) is 3.72. The predicted octanol–water partition coefficient (Wildman–Crippen LogP) is 4.50. The summed E-state index contributed by atoms with van der Waals surface area (Å²) in [4.78, 5) is 33.9. The largest absolute Gasteiger partial charge is 0.481 e. The van der Waals surface area contributed by atoms with Crippen LogP contribution < -0.4 is 19.6 Å². The standard InChI is InChI=1S/C20H16Br4N2O8/c1-9-2-11(21)19(12(22)3-9)32-6-14(27)26-25-5-10-4-13(23)20(34-8-16(30)31)17(24)18(10)33-7-15(28)29/h2-5H,6-8H2,1H3,(H,26,27)(H,28,29)(H,30,31)/b25-5+. The van der Waals surface area contributed by atoms with Gasteiger partial charge in [0, 0.05) is 5.56 Å². The second-order valence-electron chi connectivity index (χ2n) is 6.42. The van der Waals surface area contributed by atoms with E-state index in [4.69, 9.17) is 24.4 Å². The third kappa shape index (κ3) is 8.25. The molecule has 0 radical (unpaired) electrons. The number of carbonyl (C=O) groups excluding carboxylic acids is 1. The second-order valence-corrected chi connectivity index (χ2v) is 9.78. The van der Waals surface area contributed by atoms with Gasteiger partial charge in [0.25, 0.3) is 5.91 Å². The van der Waals surface area contributed by atoms with Gasteiger partial charge in [-0.1, -0.05) is 0 Å². The zero-order valence-electron chi connectivity index (χ0n) is 17.2. The molecule has 10 nitrogen and oxygen atoms in total. The van der Waals surface area contributed by atoms with E-state index in [1.165, 1.54) is 12.3 Å². The minimum atomic E-state index is -1.23. The van der Waals surface area contributed by atoms with Crippen LogP contribution in [0, 0.1) is 6.92 Å². The molecule has 0 aliphatic rings. The molecule has 0 unspecified atom stereocenters. The Morgan fingerprint density at radius 3 is 1.91 bits per heavy atom. The van der Waals surface area contributed by atoms with Crippen molar-refractivity contribution in [2.45, 2.75) is 6.92 Å². The van der Waals surface area contributed by atoms with Gasteiger partial charge in [0.1, 0.15) is 16.0 Å². The summed E-state index contributed by atoms with van der Waals surface area (Å²) in [7, 11) is 0. The maximum atomic E-state index is 12.1. The average Bonchev–Trinajstić information content (AvgIpc) is 2.71. The molecule has 0 saturated carbocycles. The maximum Gasteiger partial charge on any atom is 0.341 e. The Hall–Kier alpha value is -2.16. The number of ether oxygens (including phenoxy) is 3. The highest BCUT2D eigenvalue weighted by atomic mass is 79.9. The smallest absolute Gasteiger partial charge is 0.341 e. The molecule has 0 fully saturated rings. The molecular formula is C20H16Br4N2O8. The minimum Gasteiger partial charge on any atom is -0.481 e. The number of hydrogen-bond acceptors (Lipinski definition) is 7. The van der Waals surface area contributed by atoms with Crippen molar-refractivity contribution in [3.05, 3.63) is 47.2 Å². The van der Waals surface area contributed by atoms with Gasteiger partial charge in [-0.2, -0.15) is 5.10 Å². The van der Waals surface area contributed by atoms with Crippen LogP contribution in [0.15, 0.2) is 41.2 Å². The van der Waals surface area contributed by atoms with Crippen molar-refractivity contribution in [3.8, 4) is 17.2 Å². The normalized spacial score (nSPS) is 10.7. The topological polar surface area (TPSA) is 144 Å². The quantitative estimate of drug-likeness (QED) is 0.227. The highest BCUT2D eigenvalue weighted by molar-refractivity contribution is 9.11. The summed E-state index contributed by atoms with van der Waals surface area (Å²) in [5.41, 5.74) is 3.57. The molecule has 14 heteroatoms. The molecule has 182 valence electrons. The van der Waals surface area contributed by atoms with Crippen LogP contribution in [0.1, 0.15) is 11.1 Å². The number of aliphatic carboxylic acids is 2. The number of rotatable bonds is 11. The fourth-order valence-electron chi connectivity index (χ4n) is 2.41. The first-order valence-corrected chi connectivity index (χ1v) is 12.3. The molecule has 2 aromatic carbocycles. The zero-order valence-corrected chi connectivity index (χ0v) is 23.6. The number of halogens is 4. The van der Waals surface area contributed by atoms with Crippen LogP contribution in [0.25, 0.3) is 0 Å². The number of aryl methyl sites for hydroxylation is 1. The van der Waals surface area contributed by atoms with E-state index in [0.717, 1.165) is 5.56 Å². The van der Waals surface area contributed by atoms with Crippen molar-refractivity contribution in [2.75, 3.05) is 19.8 Å². The Kier molecular flexibility index (Phi) is 10.8. The number of carboxylic acid groups (broad SMARTS) is 2. The van der Waals surface area contributed by atoms with Crippen LogP contribution in [0.4, 0.5) is 0 Å². The maximum absolute atomic E-state index is 12.1. The molecule has 0 heterocycles. The summed E-state index contributed by atoms with van der Waals surface area (Å²) in [6.07, 6.45) is 1.23. The molecule has 2 rings (SSSR count). The van der Waals surface area contributed by atoms with Crippen LogP contribution in [-0.4, -0.2) is 54.1 Å². The Morgan fingerprint density at radius 1 is 0.853 bits per heavy atom. The number of hydrogen-bond donors (Lipinski definition) is 3. The van der Waals surface area contributed by atoms with E-state index in [2.05, 4.69) is 74.2 Å². The van der Waals surface area contributed by atoms with Crippen molar-refractivity contribution in [1.82, 2.24) is 5.43 Å². The lowest BCUT2D eigenvalue weighted by Crippen LogP contribution is -2.24. The van der Waals surface area contributed by atoms with Crippen molar-refractivity contribution in [2.24, 2.45) is 5.10 Å². The number of nitrogens with zero attached hydrogens (tertiary/aromatic N) is 1. The highest BCUT2D eigenvalue weighted by Gasteiger charge is 2.19. The van der Waals surface area contributed by atoms with Crippen LogP contribution >= 0.6 is 63.7 Å². The van der Waals surface area contributed by atoms with Gasteiger partial charge in [-0.05, 0) is 94.4 Å². The average molecular weight is 732 g/mol. The lowest BCUT2D eigenvalue weighted by molar-refractivity contribution is -0.140. The predicted molar refractivity (Wildman–Crippen MR) is 136 cm³/mol. The summed E-state index contributed by atoms with van der Waals surface area (Å²) in [5, 5.41) is 21.6. The van der Waals surface area contributed by atoms with Crippen molar-refractivity contribution < 1.29 is 38.8 Å². The molecule has 0 aliphatic carbocycles. The van der Waals surface area contributed by atoms with Crippen molar-refractivity contribution in [3.63, 3.8) is 0 Å². The third-order valence-corrected chi connectivity index (χ3v) is 6.21. The van der Waals surface area contributed by atoms with Crippen molar-refractivity contribution in [1.29, 1.82) is 0 Å². The molecule has 0 spiro atoms. The Morgan fingerprint density at radius 2 is 1.35 bits per heavy atom. The molecule has 3 N–H and O–H groups in total. The summed E-state index contributed by atoms with van der Waals surface area (Å²) in [6.45, 7) is 0.276. The fraction of sp³-hybridized carbons (Fsp3) is 0.200. The van der Waals surface area contributed by atoms with E-state index in [0.29, 0.717) is 19.2 Å². The van der Waals surface area contributed by atoms with Crippen LogP contribution in [0.2, 0.25) is 0 Å². The van der Waals surface area contributed by atoms with Crippen LogP contribution in [-0.2, 0) is 14.4 Å². The first-order chi connectivity index (χ1) is 16.0. The number of amides is 1. The molecule has 34 heavy (non-hydrogen) atoms. The number of carboxylic acids is 2. The molecule has 0 saturated heterocycles. The van der Waals surface area contributed by atoms with Gasteiger partial charge in [0.05, 0.1) is 19.6 Å². The molecule has 0 bridgehead atoms. The number of carbonyl (C=O) groups is 3. The van der Waals surface area contributed by atoms with E-state index in [1.54, 1.807) is 0 Å². The Balaban J connectivity index is 2.15. The molecule has 1 amide bonds. The van der Waals surface area contributed by atoms with E-state index < -0.39 is 31.1 Å². The minimum absolute atomic E-state index is 0.0211. The van der Waals surface area contributed by atoms with Gasteiger partial charge >= 0.3 is 11.9 Å². The summed E-state index contributed by atoms with van der Waals surface area (Å²) in [6, 6.07) is 5.15. The van der Waals surface area contributed by atoms with Gasteiger partial charge in [0.2, 0.25) is 0 Å². The number of nitrogens with one attached hydrogen (secondary N) is 1. The lowest BCUT2D eigenvalue weighted by atomic mass is 10.2. The van der Waals surface area contributed by atoms with Gasteiger partial charge in [-0.25, -0.2) is 15.0 Å². The fourth-order valence-corrected chi connectivity index (χ4v) is 5.55. The Bertz CT molecular complexity index is 1120. The molecule has 0 aliphatic heterocycles. The van der Waals surface area contributed by atoms with E-state index in [-0.39, 0.29) is 28.1 Å². The van der Waals surface area contributed by atoms with Crippen molar-refractivity contribution >= 4 is 87.8 Å². The summed E-state index contributed by atoms with van der Waals surface area (Å²) < 4.78 is 17.9. The van der Waals surface area contributed by atoms with Crippen LogP contribution in [0.3, 0.4) is 0 Å². The number of benzene rings is 2. The van der Waals surface area contributed by atoms with Gasteiger partial charge < -0.3 is 24.4 Å². The van der Waals surface area contributed by atoms with Gasteiger partial charge in [-0.3, -0.25) is 4.79 Å². The first-order valence-electron chi connectivity index (χ1n) is 9.11. The SMILES string of the molecule is Cc1cc(Br)c(OCC(=O)N/N=C/c2cc(Br)c(OCC(=O)O)c(Br)c2OCC(=O)O)c(Br)c1. The van der Waals surface area contributed by atoms with E-state index in [1.807, 2.05) is 19.1 Å². The summed E-state index contributed by atoms with van der Waals surface area (Å²) in [5.74, 6) is -2.42. The molecule has 0 aromatic heterocycles. The Labute approximate surface area is 227 Å². The van der Waals surface area contributed by atoms with Crippen LogP contribution in [0.5, 0.6) is 17.2 Å². The lowest BCUT2D eigenvalue weighted by Gasteiger charge is -2.15. The second kappa shape index (κ2) is 13.1. The monoisotopic (exact) mass is 728 g/mol. The van der Waals surface area contributed by atoms with E-state index in [9.17, 15) is 14.4 Å². The van der Waals surface area contributed by atoms with Gasteiger partial charge in [0.15, 0.2) is 25.6 Å². The van der Waals surface area contributed by atoms with E-state index >= 15 is 0 Å².